The van der Waals surface area contributed by atoms with Crippen LogP contribution in [0.5, 0.6) is 5.88 Å². The highest BCUT2D eigenvalue weighted by Crippen LogP contribution is 2.13. The van der Waals surface area contributed by atoms with Crippen LogP contribution in [0.3, 0.4) is 0 Å². The molecule has 1 aromatic heterocycles. The molecule has 0 aliphatic rings. The lowest BCUT2D eigenvalue weighted by atomic mass is 10.4. The van der Waals surface area contributed by atoms with Crippen molar-refractivity contribution in [1.82, 2.24) is 9.97 Å². The second-order valence-corrected chi connectivity index (χ2v) is 3.64. The summed E-state index contributed by atoms with van der Waals surface area (Å²) in [5.74, 6) is 1.16. The molecule has 0 saturated carbocycles. The number of hydrogen-bond donors (Lipinski definition) is 0. The zero-order chi connectivity index (χ0) is 12.5. The Labute approximate surface area is 106 Å². The Hall–Kier alpha value is -0.910. The topological polar surface area (TPSA) is 53.5 Å². The molecule has 1 heterocycles. The van der Waals surface area contributed by atoms with E-state index in [1.54, 1.807) is 13.2 Å². The van der Waals surface area contributed by atoms with Gasteiger partial charge in [0.15, 0.2) is 0 Å². The molecule has 96 valence electrons. The van der Waals surface area contributed by atoms with Gasteiger partial charge in [-0.1, -0.05) is 18.5 Å². The van der Waals surface area contributed by atoms with Crippen molar-refractivity contribution in [3.05, 3.63) is 17.0 Å². The number of hydrogen-bond acceptors (Lipinski definition) is 5. The smallest absolute Gasteiger partial charge is 0.218 e. The van der Waals surface area contributed by atoms with E-state index in [-0.39, 0.29) is 0 Å². The molecule has 0 aliphatic carbocycles. The molecule has 0 amide bonds. The highest BCUT2D eigenvalue weighted by Gasteiger charge is 2.02. The van der Waals surface area contributed by atoms with Gasteiger partial charge >= 0.3 is 0 Å². The fraction of sp³-hybridized carbons (Fsp3) is 0.636. The molecule has 0 aromatic carbocycles. The monoisotopic (exact) mass is 260 g/mol. The van der Waals surface area contributed by atoms with Crippen LogP contribution in [0.2, 0.25) is 5.15 Å². The third-order valence-electron chi connectivity index (χ3n) is 1.94. The first-order valence-corrected chi connectivity index (χ1v) is 5.87. The third-order valence-corrected chi connectivity index (χ3v) is 2.14. The summed E-state index contributed by atoms with van der Waals surface area (Å²) < 4.78 is 15.5. The van der Waals surface area contributed by atoms with Gasteiger partial charge in [0.1, 0.15) is 17.6 Å². The van der Waals surface area contributed by atoms with Crippen molar-refractivity contribution in [2.45, 2.75) is 13.3 Å². The van der Waals surface area contributed by atoms with Crippen LogP contribution in [0, 0.1) is 0 Å². The molecule has 0 atom stereocenters. The lowest BCUT2D eigenvalue weighted by Crippen LogP contribution is -2.11. The van der Waals surface area contributed by atoms with Gasteiger partial charge in [0, 0.05) is 19.6 Å². The lowest BCUT2D eigenvalue weighted by Gasteiger charge is -2.07. The summed E-state index contributed by atoms with van der Waals surface area (Å²) in [6.07, 6.45) is 0.723. The van der Waals surface area contributed by atoms with Gasteiger partial charge in [-0.3, -0.25) is 0 Å². The molecule has 5 nitrogen and oxygen atoms in total. The van der Waals surface area contributed by atoms with Gasteiger partial charge in [0.2, 0.25) is 5.88 Å². The fourth-order valence-electron chi connectivity index (χ4n) is 1.12. The number of halogens is 1. The molecule has 0 saturated heterocycles. The number of aromatic nitrogens is 2. The normalized spacial score (nSPS) is 10.5. The summed E-state index contributed by atoms with van der Waals surface area (Å²) >= 11 is 5.83. The number of ether oxygens (including phenoxy) is 3. The molecule has 1 rings (SSSR count). The van der Waals surface area contributed by atoms with E-state index >= 15 is 0 Å². The van der Waals surface area contributed by atoms with Crippen LogP contribution >= 0.6 is 11.6 Å². The summed E-state index contributed by atoms with van der Waals surface area (Å²) in [4.78, 5) is 8.24. The van der Waals surface area contributed by atoms with Gasteiger partial charge in [-0.2, -0.15) is 4.98 Å². The van der Waals surface area contributed by atoms with Crippen LogP contribution < -0.4 is 4.74 Å². The molecule has 0 radical (unpaired) electrons. The van der Waals surface area contributed by atoms with E-state index in [0.29, 0.717) is 43.3 Å². The fourth-order valence-corrected chi connectivity index (χ4v) is 1.31. The Morgan fingerprint density at radius 3 is 2.65 bits per heavy atom. The third kappa shape index (κ3) is 5.81. The molecule has 0 fully saturated rings. The standard InChI is InChI=1S/C11H17ClN2O3/c1-3-10-13-9(12)8-11(14-10)17-7-6-16-5-4-15-2/h8H,3-7H2,1-2H3. The predicted molar refractivity (Wildman–Crippen MR) is 64.6 cm³/mol. The number of aryl methyl sites for hydroxylation is 1. The highest BCUT2D eigenvalue weighted by atomic mass is 35.5. The highest BCUT2D eigenvalue weighted by molar-refractivity contribution is 6.29. The van der Waals surface area contributed by atoms with E-state index in [2.05, 4.69) is 9.97 Å². The van der Waals surface area contributed by atoms with Gasteiger partial charge < -0.3 is 14.2 Å². The van der Waals surface area contributed by atoms with Crippen LogP contribution in [0.4, 0.5) is 0 Å². The van der Waals surface area contributed by atoms with Crippen molar-refractivity contribution >= 4 is 11.6 Å². The maximum atomic E-state index is 5.83. The molecule has 0 N–H and O–H groups in total. The Kier molecular flexibility index (Phi) is 6.84. The minimum atomic E-state index is 0.396. The minimum Gasteiger partial charge on any atom is -0.475 e. The molecular weight excluding hydrogens is 244 g/mol. The van der Waals surface area contributed by atoms with Gasteiger partial charge in [0.05, 0.1) is 19.8 Å². The number of rotatable bonds is 8. The van der Waals surface area contributed by atoms with Crippen LogP contribution in [-0.4, -0.2) is 43.5 Å². The van der Waals surface area contributed by atoms with E-state index in [9.17, 15) is 0 Å². The zero-order valence-electron chi connectivity index (χ0n) is 10.1. The number of methoxy groups -OCH3 is 1. The Bertz CT molecular complexity index is 336. The first-order chi connectivity index (χ1) is 8.26. The first-order valence-electron chi connectivity index (χ1n) is 5.49. The summed E-state index contributed by atoms with van der Waals surface area (Å²) in [6.45, 7) is 4.03. The van der Waals surface area contributed by atoms with Gasteiger partial charge in [-0.05, 0) is 0 Å². The second kappa shape index (κ2) is 8.22. The Morgan fingerprint density at radius 2 is 1.94 bits per heavy atom. The summed E-state index contributed by atoms with van der Waals surface area (Å²) in [5, 5.41) is 0.396. The average Bonchev–Trinajstić information content (AvgIpc) is 2.33. The van der Waals surface area contributed by atoms with Crippen LogP contribution in [0.25, 0.3) is 0 Å². The number of nitrogens with zero attached hydrogens (tertiary/aromatic N) is 2. The summed E-state index contributed by atoms with van der Waals surface area (Å²) in [7, 11) is 1.63. The summed E-state index contributed by atoms with van der Waals surface area (Å²) in [5.41, 5.74) is 0. The molecule has 0 aliphatic heterocycles. The SMILES string of the molecule is CCc1nc(Cl)cc(OCCOCCOC)n1. The predicted octanol–water partition coefficient (Wildman–Crippen LogP) is 1.73. The average molecular weight is 261 g/mol. The van der Waals surface area contributed by atoms with Crippen molar-refractivity contribution < 1.29 is 14.2 Å². The second-order valence-electron chi connectivity index (χ2n) is 3.25. The van der Waals surface area contributed by atoms with E-state index in [4.69, 9.17) is 25.8 Å². The van der Waals surface area contributed by atoms with Crippen LogP contribution in [-0.2, 0) is 15.9 Å². The van der Waals surface area contributed by atoms with E-state index in [1.807, 2.05) is 6.92 Å². The van der Waals surface area contributed by atoms with Crippen molar-refractivity contribution in [3.8, 4) is 5.88 Å². The Balaban J connectivity index is 2.28. The molecule has 6 heteroatoms. The Morgan fingerprint density at radius 1 is 1.18 bits per heavy atom. The largest absolute Gasteiger partial charge is 0.475 e. The maximum Gasteiger partial charge on any atom is 0.218 e. The van der Waals surface area contributed by atoms with Crippen molar-refractivity contribution in [1.29, 1.82) is 0 Å². The van der Waals surface area contributed by atoms with E-state index in [1.165, 1.54) is 0 Å². The first kappa shape index (κ1) is 14.2. The van der Waals surface area contributed by atoms with Gasteiger partial charge in [-0.25, -0.2) is 4.98 Å². The minimum absolute atomic E-state index is 0.396. The quantitative estimate of drug-likeness (QED) is 0.526. The van der Waals surface area contributed by atoms with Crippen molar-refractivity contribution in [2.24, 2.45) is 0 Å². The maximum absolute atomic E-state index is 5.83. The van der Waals surface area contributed by atoms with Crippen molar-refractivity contribution in [3.63, 3.8) is 0 Å². The van der Waals surface area contributed by atoms with Crippen molar-refractivity contribution in [2.75, 3.05) is 33.5 Å². The molecule has 0 spiro atoms. The van der Waals surface area contributed by atoms with Gasteiger partial charge in [0.25, 0.3) is 0 Å². The molecular formula is C11H17ClN2O3. The summed E-state index contributed by atoms with van der Waals surface area (Å²) in [6, 6.07) is 1.59. The van der Waals surface area contributed by atoms with E-state index < -0.39 is 0 Å². The van der Waals surface area contributed by atoms with E-state index in [0.717, 1.165) is 6.42 Å². The lowest BCUT2D eigenvalue weighted by molar-refractivity contribution is 0.0536. The molecule has 17 heavy (non-hydrogen) atoms. The molecule has 0 unspecified atom stereocenters. The van der Waals surface area contributed by atoms with Crippen LogP contribution in [0.15, 0.2) is 6.07 Å². The zero-order valence-corrected chi connectivity index (χ0v) is 10.9. The van der Waals surface area contributed by atoms with Gasteiger partial charge in [-0.15, -0.1) is 0 Å². The molecule has 1 aromatic rings. The van der Waals surface area contributed by atoms with Crippen LogP contribution in [0.1, 0.15) is 12.7 Å². The molecule has 0 bridgehead atoms.